The molecule has 2 fully saturated rings. The van der Waals surface area contributed by atoms with E-state index < -0.39 is 23.1 Å². The van der Waals surface area contributed by atoms with Gasteiger partial charge in [-0.05, 0) is 54.4 Å². The van der Waals surface area contributed by atoms with Crippen LogP contribution in [0.2, 0.25) is 0 Å². The Morgan fingerprint density at radius 2 is 1.43 bits per heavy atom. The summed E-state index contributed by atoms with van der Waals surface area (Å²) in [5.41, 5.74) is 2.80. The van der Waals surface area contributed by atoms with E-state index in [1.165, 1.54) is 0 Å². The van der Waals surface area contributed by atoms with Crippen LogP contribution in [0.1, 0.15) is 74.8 Å². The molecule has 0 atom stereocenters. The van der Waals surface area contributed by atoms with E-state index in [0.29, 0.717) is 25.7 Å². The van der Waals surface area contributed by atoms with Crippen molar-refractivity contribution in [2.45, 2.75) is 74.8 Å². The number of alkyl carbamates (subject to hydrolysis) is 1. The van der Waals surface area contributed by atoms with Crippen LogP contribution in [0, 0.1) is 0 Å². The Labute approximate surface area is 205 Å². The van der Waals surface area contributed by atoms with Gasteiger partial charge < -0.3 is 20.5 Å². The minimum absolute atomic E-state index is 0.0573. The monoisotopic (exact) mass is 476 g/mol. The molecule has 7 nitrogen and oxygen atoms in total. The van der Waals surface area contributed by atoms with Crippen molar-refractivity contribution in [2.24, 2.45) is 0 Å². The number of amides is 2. The van der Waals surface area contributed by atoms with Gasteiger partial charge in [-0.2, -0.15) is 0 Å². The quantitative estimate of drug-likeness (QED) is 0.535. The van der Waals surface area contributed by atoms with Crippen LogP contribution in [0.5, 0.6) is 0 Å². The third-order valence-corrected chi connectivity index (χ3v) is 8.01. The fourth-order valence-corrected chi connectivity index (χ4v) is 5.99. The average molecular weight is 477 g/mol. The molecule has 2 saturated carbocycles. The van der Waals surface area contributed by atoms with Crippen molar-refractivity contribution in [3.63, 3.8) is 0 Å². The third-order valence-electron chi connectivity index (χ3n) is 8.01. The van der Waals surface area contributed by atoms with Crippen LogP contribution >= 0.6 is 0 Å². The van der Waals surface area contributed by atoms with Crippen molar-refractivity contribution in [1.82, 2.24) is 10.6 Å². The SMILES string of the molecule is O=C(O)CC1(NC(=O)C2(NC(=O)OCC3c4ccccc4-c4ccccc43)CCCCC2)CCC1. The molecule has 0 heterocycles. The molecule has 0 bridgehead atoms. The van der Waals surface area contributed by atoms with Crippen LogP contribution in [0.3, 0.4) is 0 Å². The van der Waals surface area contributed by atoms with Crippen LogP contribution in [0.15, 0.2) is 48.5 Å². The summed E-state index contributed by atoms with van der Waals surface area (Å²) in [6.45, 7) is 0.181. The van der Waals surface area contributed by atoms with Crippen LogP contribution in [-0.2, 0) is 14.3 Å². The molecular formula is C28H32N2O5. The third kappa shape index (κ3) is 4.51. The average Bonchev–Trinajstić information content (AvgIpc) is 3.15. The van der Waals surface area contributed by atoms with E-state index in [1.807, 2.05) is 24.3 Å². The lowest BCUT2D eigenvalue weighted by Gasteiger charge is -2.45. The first kappa shape index (κ1) is 23.4. The summed E-state index contributed by atoms with van der Waals surface area (Å²) in [5, 5.41) is 15.2. The van der Waals surface area contributed by atoms with Gasteiger partial charge >= 0.3 is 12.1 Å². The summed E-state index contributed by atoms with van der Waals surface area (Å²) >= 11 is 0. The maximum atomic E-state index is 13.5. The number of carboxylic acid groups (broad SMARTS) is 1. The number of nitrogens with one attached hydrogen (secondary N) is 2. The number of carbonyl (C=O) groups excluding carboxylic acids is 2. The summed E-state index contributed by atoms with van der Waals surface area (Å²) in [5.74, 6) is -1.27. The van der Waals surface area contributed by atoms with E-state index in [0.717, 1.165) is 47.9 Å². The number of benzene rings is 2. The number of hydrogen-bond acceptors (Lipinski definition) is 4. The van der Waals surface area contributed by atoms with E-state index >= 15 is 0 Å². The largest absolute Gasteiger partial charge is 0.481 e. The lowest BCUT2D eigenvalue weighted by Crippen LogP contribution is -2.65. The second-order valence-corrected chi connectivity index (χ2v) is 10.3. The highest BCUT2D eigenvalue weighted by atomic mass is 16.5. The molecule has 0 spiro atoms. The van der Waals surface area contributed by atoms with E-state index in [-0.39, 0.29) is 24.9 Å². The minimum atomic E-state index is -1.07. The lowest BCUT2D eigenvalue weighted by molar-refractivity contribution is -0.141. The van der Waals surface area contributed by atoms with Gasteiger partial charge in [0.05, 0.1) is 12.0 Å². The Morgan fingerprint density at radius 1 is 0.829 bits per heavy atom. The molecule has 2 amide bonds. The Morgan fingerprint density at radius 3 is 1.97 bits per heavy atom. The Kier molecular flexibility index (Phi) is 6.26. The van der Waals surface area contributed by atoms with Gasteiger partial charge in [0.1, 0.15) is 12.1 Å². The number of aliphatic carboxylic acids is 1. The number of fused-ring (bicyclic) bond motifs is 3. The number of hydrogen-bond donors (Lipinski definition) is 3. The second-order valence-electron chi connectivity index (χ2n) is 10.3. The summed E-state index contributed by atoms with van der Waals surface area (Å²) in [4.78, 5) is 37.8. The standard InChI is InChI=1S/C28H32N2O5/c31-24(32)17-27(13-8-14-27)29-25(33)28(15-6-1-7-16-28)30-26(34)35-18-23-21-11-4-2-9-19(21)20-10-3-5-12-22(20)23/h2-5,9-12,23H,1,6-8,13-18H2,(H,29,33)(H,30,34)(H,31,32). The Balaban J connectivity index is 1.28. The Bertz CT molecular complexity index is 1090. The first-order valence-electron chi connectivity index (χ1n) is 12.6. The molecule has 184 valence electrons. The molecule has 5 rings (SSSR count). The van der Waals surface area contributed by atoms with E-state index in [9.17, 15) is 19.5 Å². The predicted molar refractivity (Wildman–Crippen MR) is 131 cm³/mol. The second kappa shape index (κ2) is 9.36. The van der Waals surface area contributed by atoms with Crippen LogP contribution < -0.4 is 10.6 Å². The maximum Gasteiger partial charge on any atom is 0.408 e. The molecule has 35 heavy (non-hydrogen) atoms. The van der Waals surface area contributed by atoms with Crippen LogP contribution in [-0.4, -0.2) is 40.8 Å². The zero-order chi connectivity index (χ0) is 24.5. The first-order valence-corrected chi connectivity index (χ1v) is 12.6. The van der Waals surface area contributed by atoms with Crippen molar-refractivity contribution in [3.8, 4) is 11.1 Å². The molecule has 2 aromatic carbocycles. The lowest BCUT2D eigenvalue weighted by atomic mass is 9.72. The fourth-order valence-electron chi connectivity index (χ4n) is 5.99. The molecule has 3 aliphatic carbocycles. The zero-order valence-corrected chi connectivity index (χ0v) is 19.8. The predicted octanol–water partition coefficient (Wildman–Crippen LogP) is 4.74. The van der Waals surface area contributed by atoms with E-state index in [4.69, 9.17) is 4.74 Å². The highest BCUT2D eigenvalue weighted by molar-refractivity contribution is 5.91. The molecule has 2 aromatic rings. The van der Waals surface area contributed by atoms with Gasteiger partial charge in [0.15, 0.2) is 0 Å². The van der Waals surface area contributed by atoms with Gasteiger partial charge in [-0.3, -0.25) is 9.59 Å². The maximum absolute atomic E-state index is 13.5. The van der Waals surface area contributed by atoms with Gasteiger partial charge in [-0.1, -0.05) is 67.8 Å². The minimum Gasteiger partial charge on any atom is -0.481 e. The van der Waals surface area contributed by atoms with Crippen molar-refractivity contribution < 1.29 is 24.2 Å². The summed E-state index contributed by atoms with van der Waals surface area (Å²) in [6.07, 6.45) is 5.16. The number of carbonyl (C=O) groups is 3. The Hall–Kier alpha value is -3.35. The van der Waals surface area contributed by atoms with Gasteiger partial charge in [-0.25, -0.2) is 4.79 Å². The van der Waals surface area contributed by atoms with Crippen LogP contribution in [0.4, 0.5) is 4.79 Å². The van der Waals surface area contributed by atoms with Crippen molar-refractivity contribution >= 4 is 18.0 Å². The molecule has 3 N–H and O–H groups in total. The van der Waals surface area contributed by atoms with Gasteiger partial charge in [0.2, 0.25) is 5.91 Å². The summed E-state index contributed by atoms with van der Waals surface area (Å²) in [6, 6.07) is 16.3. The molecule has 0 radical (unpaired) electrons. The van der Waals surface area contributed by atoms with E-state index in [1.54, 1.807) is 0 Å². The topological polar surface area (TPSA) is 105 Å². The molecule has 0 unspecified atom stereocenters. The van der Waals surface area contributed by atoms with Crippen molar-refractivity contribution in [1.29, 1.82) is 0 Å². The first-order chi connectivity index (χ1) is 16.9. The normalized spacial score (nSPS) is 19.5. The smallest absolute Gasteiger partial charge is 0.408 e. The molecule has 0 aromatic heterocycles. The molecule has 7 heteroatoms. The zero-order valence-electron chi connectivity index (χ0n) is 19.8. The van der Waals surface area contributed by atoms with Crippen molar-refractivity contribution in [3.05, 3.63) is 59.7 Å². The highest BCUT2D eigenvalue weighted by Crippen LogP contribution is 2.44. The molecule has 3 aliphatic rings. The van der Waals surface area contributed by atoms with E-state index in [2.05, 4.69) is 34.9 Å². The number of ether oxygens (including phenoxy) is 1. The number of carboxylic acids is 1. The highest BCUT2D eigenvalue weighted by Gasteiger charge is 2.47. The van der Waals surface area contributed by atoms with Gasteiger partial charge in [0, 0.05) is 5.92 Å². The molecule has 0 saturated heterocycles. The summed E-state index contributed by atoms with van der Waals surface area (Å²) < 4.78 is 5.73. The summed E-state index contributed by atoms with van der Waals surface area (Å²) in [7, 11) is 0. The van der Waals surface area contributed by atoms with Crippen molar-refractivity contribution in [2.75, 3.05) is 6.61 Å². The molecular weight excluding hydrogens is 444 g/mol. The van der Waals surface area contributed by atoms with Gasteiger partial charge in [-0.15, -0.1) is 0 Å². The van der Waals surface area contributed by atoms with Gasteiger partial charge in [0.25, 0.3) is 0 Å². The van der Waals surface area contributed by atoms with Crippen LogP contribution in [0.25, 0.3) is 11.1 Å². The number of rotatable bonds is 7. The molecule has 0 aliphatic heterocycles. The fraction of sp³-hybridized carbons (Fsp3) is 0.464.